The van der Waals surface area contributed by atoms with Crippen LogP contribution < -0.4 is 0 Å². The molecule has 0 aromatic heterocycles. The zero-order valence-electron chi connectivity index (χ0n) is 11.3. The van der Waals surface area contributed by atoms with Crippen molar-refractivity contribution in [1.82, 2.24) is 0 Å². The van der Waals surface area contributed by atoms with E-state index in [0.717, 1.165) is 12.8 Å². The lowest BCUT2D eigenvalue weighted by atomic mass is 9.96. The van der Waals surface area contributed by atoms with Gasteiger partial charge in [-0.1, -0.05) is 0 Å². The van der Waals surface area contributed by atoms with Gasteiger partial charge in [0.1, 0.15) is 5.60 Å². The molecule has 0 saturated carbocycles. The minimum atomic E-state index is -0.962. The maximum atomic E-state index is 11.6. The van der Waals surface area contributed by atoms with E-state index in [-0.39, 0.29) is 12.5 Å². The van der Waals surface area contributed by atoms with Crippen molar-refractivity contribution in [2.24, 2.45) is 5.92 Å². The Morgan fingerprint density at radius 2 is 2.11 bits per heavy atom. The molecule has 1 aliphatic rings. The highest BCUT2D eigenvalue weighted by Crippen LogP contribution is 2.23. The molecule has 1 fully saturated rings. The van der Waals surface area contributed by atoms with Crippen LogP contribution in [-0.2, 0) is 19.1 Å². The summed E-state index contributed by atoms with van der Waals surface area (Å²) in [6.45, 7) is 5.98. The fraction of sp³-hybridized carbons (Fsp3) is 0.846. The summed E-state index contributed by atoms with van der Waals surface area (Å²) in [5.74, 6) is -2.15. The first-order chi connectivity index (χ1) is 8.28. The predicted octanol–water partition coefficient (Wildman–Crippen LogP) is 1.99. The van der Waals surface area contributed by atoms with Gasteiger partial charge in [0.15, 0.2) is 0 Å². The van der Waals surface area contributed by atoms with Gasteiger partial charge in [-0.05, 0) is 40.0 Å². The van der Waals surface area contributed by atoms with E-state index in [0.29, 0.717) is 13.0 Å². The second kappa shape index (κ2) is 6.18. The van der Waals surface area contributed by atoms with Crippen molar-refractivity contribution < 1.29 is 24.2 Å². The van der Waals surface area contributed by atoms with E-state index in [1.807, 2.05) is 0 Å². The minimum Gasteiger partial charge on any atom is -0.481 e. The topological polar surface area (TPSA) is 72.8 Å². The summed E-state index contributed by atoms with van der Waals surface area (Å²) >= 11 is 0. The first-order valence-corrected chi connectivity index (χ1v) is 6.34. The molecule has 1 rings (SSSR count). The summed E-state index contributed by atoms with van der Waals surface area (Å²) in [5.41, 5.74) is -0.579. The monoisotopic (exact) mass is 258 g/mol. The molecule has 18 heavy (non-hydrogen) atoms. The molecule has 1 aliphatic heterocycles. The lowest BCUT2D eigenvalue weighted by Crippen LogP contribution is -2.28. The SMILES string of the molecule is CC(C)(C)OC(=O)C[C@@H](CC1CCCO1)C(=O)O. The van der Waals surface area contributed by atoms with Gasteiger partial charge in [-0.3, -0.25) is 9.59 Å². The number of esters is 1. The fourth-order valence-corrected chi connectivity index (χ4v) is 2.00. The molecule has 0 amide bonds. The number of carbonyl (C=O) groups is 2. The summed E-state index contributed by atoms with van der Waals surface area (Å²) in [5, 5.41) is 9.12. The average molecular weight is 258 g/mol. The van der Waals surface area contributed by atoms with E-state index in [1.165, 1.54) is 0 Å². The molecule has 1 unspecified atom stereocenters. The van der Waals surface area contributed by atoms with Crippen molar-refractivity contribution in [3.05, 3.63) is 0 Å². The average Bonchev–Trinajstić information content (AvgIpc) is 2.66. The van der Waals surface area contributed by atoms with Crippen molar-refractivity contribution in [2.75, 3.05) is 6.61 Å². The van der Waals surface area contributed by atoms with Gasteiger partial charge in [-0.2, -0.15) is 0 Å². The number of rotatable bonds is 5. The van der Waals surface area contributed by atoms with Crippen LogP contribution in [0.2, 0.25) is 0 Å². The maximum Gasteiger partial charge on any atom is 0.307 e. The van der Waals surface area contributed by atoms with Crippen LogP contribution >= 0.6 is 0 Å². The highest BCUT2D eigenvalue weighted by molar-refractivity contribution is 5.79. The molecule has 0 aromatic rings. The number of hydrogen-bond acceptors (Lipinski definition) is 4. The maximum absolute atomic E-state index is 11.6. The Balaban J connectivity index is 2.46. The van der Waals surface area contributed by atoms with Crippen LogP contribution in [0.5, 0.6) is 0 Å². The van der Waals surface area contributed by atoms with Crippen molar-refractivity contribution in [3.8, 4) is 0 Å². The zero-order valence-corrected chi connectivity index (χ0v) is 11.3. The molecule has 1 heterocycles. The summed E-state index contributed by atoms with van der Waals surface area (Å²) in [6, 6.07) is 0. The molecule has 0 bridgehead atoms. The molecule has 0 aromatic carbocycles. The van der Waals surface area contributed by atoms with Gasteiger partial charge in [0.2, 0.25) is 0 Å². The lowest BCUT2D eigenvalue weighted by molar-refractivity contribution is -0.160. The second-order valence-corrected chi connectivity index (χ2v) is 5.70. The number of carboxylic acid groups (broad SMARTS) is 1. The van der Waals surface area contributed by atoms with Crippen molar-refractivity contribution in [3.63, 3.8) is 0 Å². The molecule has 1 N–H and O–H groups in total. The summed E-state index contributed by atoms with van der Waals surface area (Å²) in [6.07, 6.45) is 2.09. The zero-order chi connectivity index (χ0) is 13.8. The van der Waals surface area contributed by atoms with Gasteiger partial charge in [-0.15, -0.1) is 0 Å². The molecule has 2 atom stereocenters. The third-order valence-corrected chi connectivity index (χ3v) is 2.75. The third kappa shape index (κ3) is 5.49. The summed E-state index contributed by atoms with van der Waals surface area (Å²) < 4.78 is 10.5. The van der Waals surface area contributed by atoms with Crippen molar-refractivity contribution >= 4 is 11.9 Å². The smallest absolute Gasteiger partial charge is 0.307 e. The van der Waals surface area contributed by atoms with E-state index >= 15 is 0 Å². The van der Waals surface area contributed by atoms with Gasteiger partial charge in [0, 0.05) is 6.61 Å². The number of carbonyl (C=O) groups excluding carboxylic acids is 1. The third-order valence-electron chi connectivity index (χ3n) is 2.75. The van der Waals surface area contributed by atoms with E-state index in [1.54, 1.807) is 20.8 Å². The van der Waals surface area contributed by atoms with Crippen LogP contribution in [0.25, 0.3) is 0 Å². The highest BCUT2D eigenvalue weighted by Gasteiger charge is 2.29. The molecule has 104 valence electrons. The van der Waals surface area contributed by atoms with Gasteiger partial charge < -0.3 is 14.6 Å². The standard InChI is InChI=1S/C13H22O5/c1-13(2,3)18-11(14)8-9(12(15)16)7-10-5-4-6-17-10/h9-10H,4-8H2,1-3H3,(H,15,16)/t9-,10?/m1/s1. The summed E-state index contributed by atoms with van der Waals surface area (Å²) in [7, 11) is 0. The summed E-state index contributed by atoms with van der Waals surface area (Å²) in [4.78, 5) is 22.7. The normalized spacial score (nSPS) is 21.6. The molecule has 1 saturated heterocycles. The Hall–Kier alpha value is -1.10. The van der Waals surface area contributed by atoms with Gasteiger partial charge in [-0.25, -0.2) is 0 Å². The minimum absolute atomic E-state index is 0.0338. The van der Waals surface area contributed by atoms with Crippen LogP contribution in [0.1, 0.15) is 46.5 Å². The van der Waals surface area contributed by atoms with E-state index in [9.17, 15) is 9.59 Å². The number of carboxylic acids is 1. The first kappa shape index (κ1) is 15.0. The molecular formula is C13H22O5. The Labute approximate surface area is 107 Å². The van der Waals surface area contributed by atoms with Crippen LogP contribution in [-0.4, -0.2) is 35.4 Å². The number of hydrogen-bond donors (Lipinski definition) is 1. The predicted molar refractivity (Wildman–Crippen MR) is 65.2 cm³/mol. The van der Waals surface area contributed by atoms with Crippen LogP contribution in [0, 0.1) is 5.92 Å². The molecule has 0 radical (unpaired) electrons. The largest absolute Gasteiger partial charge is 0.481 e. The Morgan fingerprint density at radius 3 is 2.56 bits per heavy atom. The van der Waals surface area contributed by atoms with E-state index < -0.39 is 23.5 Å². The van der Waals surface area contributed by atoms with Crippen LogP contribution in [0.15, 0.2) is 0 Å². The highest BCUT2D eigenvalue weighted by atomic mass is 16.6. The number of ether oxygens (including phenoxy) is 2. The molecular weight excluding hydrogens is 236 g/mol. The fourth-order valence-electron chi connectivity index (χ4n) is 2.00. The van der Waals surface area contributed by atoms with Crippen LogP contribution in [0.3, 0.4) is 0 Å². The van der Waals surface area contributed by atoms with Crippen LogP contribution in [0.4, 0.5) is 0 Å². The Kier molecular flexibility index (Phi) is 5.14. The Morgan fingerprint density at radius 1 is 1.44 bits per heavy atom. The Bertz CT molecular complexity index is 299. The lowest BCUT2D eigenvalue weighted by Gasteiger charge is -2.21. The van der Waals surface area contributed by atoms with Crippen molar-refractivity contribution in [1.29, 1.82) is 0 Å². The van der Waals surface area contributed by atoms with Gasteiger partial charge in [0.05, 0.1) is 18.4 Å². The van der Waals surface area contributed by atoms with Crippen molar-refractivity contribution in [2.45, 2.75) is 58.2 Å². The quantitative estimate of drug-likeness (QED) is 0.763. The molecule has 5 heteroatoms. The van der Waals surface area contributed by atoms with Gasteiger partial charge >= 0.3 is 11.9 Å². The van der Waals surface area contributed by atoms with E-state index in [4.69, 9.17) is 14.6 Å². The van der Waals surface area contributed by atoms with E-state index in [2.05, 4.69) is 0 Å². The van der Waals surface area contributed by atoms with Gasteiger partial charge in [0.25, 0.3) is 0 Å². The molecule has 0 spiro atoms. The molecule has 0 aliphatic carbocycles. The number of aliphatic carboxylic acids is 1. The second-order valence-electron chi connectivity index (χ2n) is 5.70. The first-order valence-electron chi connectivity index (χ1n) is 6.34. The molecule has 5 nitrogen and oxygen atoms in total.